The highest BCUT2D eigenvalue weighted by Crippen LogP contribution is 2.32. The van der Waals surface area contributed by atoms with Gasteiger partial charge in [0, 0.05) is 26.1 Å². The lowest BCUT2D eigenvalue weighted by Crippen LogP contribution is -2.40. The molecule has 2 aromatic rings. The first-order valence-electron chi connectivity index (χ1n) is 12.0. The first-order valence-corrected chi connectivity index (χ1v) is 12.0. The molecule has 1 unspecified atom stereocenters. The van der Waals surface area contributed by atoms with E-state index in [-0.39, 0.29) is 5.97 Å². The molecule has 1 heterocycles. The molecule has 1 saturated heterocycles. The van der Waals surface area contributed by atoms with E-state index in [9.17, 15) is 18.0 Å². The van der Waals surface area contributed by atoms with E-state index in [0.29, 0.717) is 37.0 Å². The van der Waals surface area contributed by atoms with Crippen LogP contribution in [0.2, 0.25) is 0 Å². The number of hydrogen-bond donors (Lipinski definition) is 0. The Morgan fingerprint density at radius 1 is 1.09 bits per heavy atom. The molecule has 0 saturated carbocycles. The maximum atomic E-state index is 13.0. The number of carbonyl (C=O) groups is 1. The summed E-state index contributed by atoms with van der Waals surface area (Å²) in [6, 6.07) is 14.8. The van der Waals surface area contributed by atoms with E-state index < -0.39 is 17.8 Å². The molecule has 0 aliphatic carbocycles. The summed E-state index contributed by atoms with van der Waals surface area (Å²) in [5.41, 5.74) is 0.951. The Kier molecular flexibility index (Phi) is 9.54. The van der Waals surface area contributed by atoms with Crippen LogP contribution in [0.15, 0.2) is 54.6 Å². The normalized spacial score (nSPS) is 20.1. The molecule has 0 bridgehead atoms. The maximum absolute atomic E-state index is 13.0. The van der Waals surface area contributed by atoms with Gasteiger partial charge in [0.15, 0.2) is 0 Å². The summed E-state index contributed by atoms with van der Waals surface area (Å²) in [6.45, 7) is 7.68. The maximum Gasteiger partial charge on any atom is 0.416 e. The Labute approximate surface area is 200 Å². The van der Waals surface area contributed by atoms with Crippen LogP contribution in [0.3, 0.4) is 0 Å². The zero-order valence-electron chi connectivity index (χ0n) is 19.9. The van der Waals surface area contributed by atoms with E-state index in [1.165, 1.54) is 12.1 Å². The van der Waals surface area contributed by atoms with Crippen molar-refractivity contribution in [1.29, 1.82) is 0 Å². The second-order valence-corrected chi connectivity index (χ2v) is 8.97. The number of rotatable bonds is 10. The lowest BCUT2D eigenvalue weighted by Gasteiger charge is -2.36. The first kappa shape index (κ1) is 26.2. The molecule has 3 atom stereocenters. The van der Waals surface area contributed by atoms with Crippen molar-refractivity contribution in [3.63, 3.8) is 0 Å². The summed E-state index contributed by atoms with van der Waals surface area (Å²) in [6.07, 6.45) is -2.50. The largest absolute Gasteiger partial charge is 0.466 e. The molecule has 0 N–H and O–H groups in total. The predicted octanol–water partition coefficient (Wildman–Crippen LogP) is 6.11. The van der Waals surface area contributed by atoms with Gasteiger partial charge in [-0.2, -0.15) is 13.2 Å². The van der Waals surface area contributed by atoms with Crippen molar-refractivity contribution in [3.05, 3.63) is 71.3 Å². The van der Waals surface area contributed by atoms with Crippen LogP contribution in [0.25, 0.3) is 0 Å². The number of alkyl halides is 3. The lowest BCUT2D eigenvalue weighted by molar-refractivity contribution is -0.145. The highest BCUT2D eigenvalue weighted by atomic mass is 19.4. The first-order chi connectivity index (χ1) is 16.3. The summed E-state index contributed by atoms with van der Waals surface area (Å²) in [7, 11) is 0. The fourth-order valence-electron chi connectivity index (χ4n) is 4.57. The highest BCUT2D eigenvalue weighted by molar-refractivity contribution is 5.69. The van der Waals surface area contributed by atoms with Crippen LogP contribution >= 0.6 is 0 Å². The van der Waals surface area contributed by atoms with Gasteiger partial charge in [-0.25, -0.2) is 0 Å². The van der Waals surface area contributed by atoms with E-state index in [1.54, 1.807) is 0 Å². The predicted molar refractivity (Wildman–Crippen MR) is 125 cm³/mol. The lowest BCUT2D eigenvalue weighted by atomic mass is 9.84. The molecule has 186 valence electrons. The van der Waals surface area contributed by atoms with Crippen LogP contribution in [0, 0.1) is 11.8 Å². The van der Waals surface area contributed by atoms with Crippen molar-refractivity contribution in [1.82, 2.24) is 4.90 Å². The molecule has 7 heteroatoms. The number of carbonyl (C=O) groups excluding carboxylic acids is 1. The Morgan fingerprint density at radius 3 is 2.38 bits per heavy atom. The molecule has 0 aromatic heterocycles. The Bertz CT molecular complexity index is 886. The van der Waals surface area contributed by atoms with Gasteiger partial charge < -0.3 is 14.4 Å². The number of hydrogen-bond acceptors (Lipinski definition) is 4. The third kappa shape index (κ3) is 7.57. The average Bonchev–Trinajstić information content (AvgIpc) is 2.81. The topological polar surface area (TPSA) is 38.8 Å². The molecular weight excluding hydrogens is 443 g/mol. The van der Waals surface area contributed by atoms with E-state index in [2.05, 4.69) is 11.8 Å². The summed E-state index contributed by atoms with van der Waals surface area (Å²) in [5, 5.41) is 0. The summed E-state index contributed by atoms with van der Waals surface area (Å²) < 4.78 is 50.2. The van der Waals surface area contributed by atoms with Gasteiger partial charge in [0.2, 0.25) is 0 Å². The molecule has 34 heavy (non-hydrogen) atoms. The SMILES string of the molecule is CCOC(=O)C[C@H]1CCN(CCCOC(c2ccccc2)c2ccc(C(F)(F)F)cc2)C[C@H]1C. The standard InChI is InChI=1S/C27H34F3NO3/c1-3-33-25(32)18-23-14-16-31(19-20(23)2)15-7-17-34-26(21-8-5-4-6-9-21)22-10-12-24(13-11-22)27(28,29)30/h4-6,8-13,20,23,26H,3,7,14-19H2,1-2H3/t20-,23-,26?/m1/s1. The Balaban J connectivity index is 1.52. The second kappa shape index (κ2) is 12.4. The van der Waals surface area contributed by atoms with Gasteiger partial charge in [0.1, 0.15) is 6.10 Å². The van der Waals surface area contributed by atoms with Gasteiger partial charge in [-0.15, -0.1) is 0 Å². The van der Waals surface area contributed by atoms with Crippen LogP contribution < -0.4 is 0 Å². The number of halogens is 3. The number of piperidine rings is 1. The molecule has 2 aromatic carbocycles. The number of esters is 1. The zero-order chi connectivity index (χ0) is 24.6. The summed E-state index contributed by atoms with van der Waals surface area (Å²) >= 11 is 0. The van der Waals surface area contributed by atoms with Crippen molar-refractivity contribution in [2.45, 2.75) is 45.4 Å². The highest BCUT2D eigenvalue weighted by Gasteiger charge is 2.31. The fourth-order valence-corrected chi connectivity index (χ4v) is 4.57. The number of ether oxygens (including phenoxy) is 2. The molecule has 1 aliphatic rings. The van der Waals surface area contributed by atoms with Crippen molar-refractivity contribution in [2.24, 2.45) is 11.8 Å². The average molecular weight is 478 g/mol. The molecule has 4 nitrogen and oxygen atoms in total. The molecule has 0 radical (unpaired) electrons. The van der Waals surface area contributed by atoms with Gasteiger partial charge in [0.05, 0.1) is 12.2 Å². The Hall–Kier alpha value is -2.38. The molecule has 0 spiro atoms. The third-order valence-electron chi connectivity index (χ3n) is 6.45. The van der Waals surface area contributed by atoms with Crippen LogP contribution in [-0.4, -0.2) is 43.7 Å². The van der Waals surface area contributed by atoms with E-state index in [0.717, 1.165) is 50.2 Å². The van der Waals surface area contributed by atoms with Crippen molar-refractivity contribution < 1.29 is 27.4 Å². The smallest absolute Gasteiger partial charge is 0.416 e. The number of nitrogens with zero attached hydrogens (tertiary/aromatic N) is 1. The van der Waals surface area contributed by atoms with E-state index in [4.69, 9.17) is 9.47 Å². The number of benzene rings is 2. The summed E-state index contributed by atoms with van der Waals surface area (Å²) in [4.78, 5) is 14.2. The van der Waals surface area contributed by atoms with Crippen LogP contribution in [0.1, 0.15) is 55.9 Å². The third-order valence-corrected chi connectivity index (χ3v) is 6.45. The van der Waals surface area contributed by atoms with Crippen molar-refractivity contribution >= 4 is 5.97 Å². The zero-order valence-corrected chi connectivity index (χ0v) is 19.9. The molecule has 1 aliphatic heterocycles. The van der Waals surface area contributed by atoms with Crippen LogP contribution in [0.4, 0.5) is 13.2 Å². The molecule has 1 fully saturated rings. The van der Waals surface area contributed by atoms with E-state index >= 15 is 0 Å². The molecular formula is C27H34F3NO3. The summed E-state index contributed by atoms with van der Waals surface area (Å²) in [5.74, 6) is 0.661. The van der Waals surface area contributed by atoms with Gasteiger partial charge in [-0.1, -0.05) is 49.4 Å². The van der Waals surface area contributed by atoms with Gasteiger partial charge in [0.25, 0.3) is 0 Å². The molecule has 0 amide bonds. The fraction of sp³-hybridized carbons (Fsp3) is 0.519. The minimum Gasteiger partial charge on any atom is -0.466 e. The molecule has 3 rings (SSSR count). The number of likely N-dealkylation sites (tertiary alicyclic amines) is 1. The minimum atomic E-state index is -4.36. The second-order valence-electron chi connectivity index (χ2n) is 8.97. The van der Waals surface area contributed by atoms with Crippen LogP contribution in [-0.2, 0) is 20.4 Å². The quantitative estimate of drug-likeness (QED) is 0.306. The van der Waals surface area contributed by atoms with Gasteiger partial charge in [-0.05, 0) is 61.4 Å². The van der Waals surface area contributed by atoms with Gasteiger partial charge in [-0.3, -0.25) is 4.79 Å². The van der Waals surface area contributed by atoms with Gasteiger partial charge >= 0.3 is 12.1 Å². The monoisotopic (exact) mass is 477 g/mol. The van der Waals surface area contributed by atoms with E-state index in [1.807, 2.05) is 37.3 Å². The van der Waals surface area contributed by atoms with Crippen molar-refractivity contribution in [3.8, 4) is 0 Å². The Morgan fingerprint density at radius 2 is 1.76 bits per heavy atom. The van der Waals surface area contributed by atoms with Crippen molar-refractivity contribution in [2.75, 3.05) is 32.8 Å². The minimum absolute atomic E-state index is 0.114. The van der Waals surface area contributed by atoms with Crippen LogP contribution in [0.5, 0.6) is 0 Å².